The topological polar surface area (TPSA) is 63.7 Å². The fraction of sp³-hybridized carbons (Fsp3) is 0.435. The van der Waals surface area contributed by atoms with Gasteiger partial charge in [-0.3, -0.25) is 0 Å². The number of rotatable bonds is 2. The summed E-state index contributed by atoms with van der Waals surface area (Å²) in [6, 6.07) is 10.2. The third-order valence-corrected chi connectivity index (χ3v) is 9.30. The van der Waals surface area contributed by atoms with Gasteiger partial charge in [-0.2, -0.15) is 0 Å². The molecule has 0 aromatic heterocycles. The maximum atomic E-state index is 14.1. The third kappa shape index (κ3) is 3.75. The Hall–Kier alpha value is -1.68. The van der Waals surface area contributed by atoms with Crippen LogP contribution in [0, 0.1) is 9.39 Å². The van der Waals surface area contributed by atoms with Gasteiger partial charge in [0.1, 0.15) is 16.2 Å². The van der Waals surface area contributed by atoms with Crippen molar-refractivity contribution < 1.29 is 22.3 Å². The van der Waals surface area contributed by atoms with Gasteiger partial charge in [-0.25, -0.2) is 17.6 Å². The molecule has 0 spiro atoms. The molecule has 4 rings (SSSR count). The molecule has 2 aromatic carbocycles. The molecule has 0 N–H and O–H groups in total. The molecule has 0 bridgehead atoms. The summed E-state index contributed by atoms with van der Waals surface area (Å²) in [7, 11) is -3.93. The predicted octanol–water partition coefficient (Wildman–Crippen LogP) is 5.06. The molecule has 8 heteroatoms. The highest BCUT2D eigenvalue weighted by atomic mass is 127. The third-order valence-electron chi connectivity index (χ3n) is 6.08. The van der Waals surface area contributed by atoms with E-state index in [1.807, 2.05) is 18.2 Å². The molecule has 2 atom stereocenters. The Balaban J connectivity index is 1.88. The van der Waals surface area contributed by atoms with E-state index in [2.05, 4.69) is 22.6 Å². The minimum absolute atomic E-state index is 0.0661. The van der Waals surface area contributed by atoms with E-state index in [0.717, 1.165) is 26.8 Å². The van der Waals surface area contributed by atoms with Crippen LogP contribution in [0.15, 0.2) is 47.4 Å². The van der Waals surface area contributed by atoms with Crippen molar-refractivity contribution in [3.05, 3.63) is 63.0 Å². The van der Waals surface area contributed by atoms with Gasteiger partial charge in [-0.05, 0) is 110 Å². The van der Waals surface area contributed by atoms with Crippen molar-refractivity contribution >= 4 is 38.5 Å². The number of amides is 1. The molecule has 1 fully saturated rings. The summed E-state index contributed by atoms with van der Waals surface area (Å²) in [6.45, 7) is 5.66. The number of fused-ring (bicyclic) bond motifs is 3. The Bertz CT molecular complexity index is 1130. The van der Waals surface area contributed by atoms with E-state index in [1.165, 1.54) is 12.1 Å². The van der Waals surface area contributed by atoms with E-state index in [9.17, 15) is 17.6 Å². The summed E-state index contributed by atoms with van der Waals surface area (Å²) < 4.78 is 47.1. The van der Waals surface area contributed by atoms with Gasteiger partial charge >= 0.3 is 6.09 Å². The van der Waals surface area contributed by atoms with Crippen molar-refractivity contribution in [3.8, 4) is 0 Å². The quantitative estimate of drug-likeness (QED) is 0.383. The average molecular weight is 557 g/mol. The summed E-state index contributed by atoms with van der Waals surface area (Å²) in [5.74, 6) is -0.492. The molecule has 2 aliphatic rings. The number of carbonyl (C=O) groups is 1. The lowest BCUT2D eigenvalue weighted by molar-refractivity contribution is 0.0202. The highest BCUT2D eigenvalue weighted by Crippen LogP contribution is 2.53. The molecule has 1 aliphatic heterocycles. The fourth-order valence-electron chi connectivity index (χ4n) is 4.86. The lowest BCUT2D eigenvalue weighted by Gasteiger charge is -2.42. The molecule has 2 aromatic rings. The number of carbonyl (C=O) groups excluding carboxylic acids is 1. The summed E-state index contributed by atoms with van der Waals surface area (Å²) in [5.41, 5.74) is 1.04. The zero-order chi connectivity index (χ0) is 22.6. The molecular formula is C23H25FINO4S. The Morgan fingerprint density at radius 3 is 2.52 bits per heavy atom. The van der Waals surface area contributed by atoms with Gasteiger partial charge in [0.25, 0.3) is 0 Å². The van der Waals surface area contributed by atoms with Gasteiger partial charge in [-0.1, -0.05) is 6.07 Å². The molecular weight excluding hydrogens is 532 g/mol. The van der Waals surface area contributed by atoms with E-state index in [4.69, 9.17) is 4.74 Å². The smallest absolute Gasteiger partial charge is 0.410 e. The molecule has 1 heterocycles. The van der Waals surface area contributed by atoms with Crippen molar-refractivity contribution in [3.63, 3.8) is 0 Å². The standard InChI is InChI=1S/C23H25FINO4S/c1-22(2,3)30-21(27)26-13-12-23(31(28,29)18-8-5-16(24)6-9-18)19-10-7-17(25)14-15(19)4-11-20(23)26/h5-10,14,20H,4,11-13H2,1-3H3. The predicted molar refractivity (Wildman–Crippen MR) is 124 cm³/mol. The van der Waals surface area contributed by atoms with Gasteiger partial charge in [0.05, 0.1) is 10.9 Å². The van der Waals surface area contributed by atoms with Crippen LogP contribution in [0.3, 0.4) is 0 Å². The molecule has 1 saturated heterocycles. The first-order chi connectivity index (χ1) is 14.5. The lowest BCUT2D eigenvalue weighted by Crippen LogP contribution is -2.52. The van der Waals surface area contributed by atoms with E-state index >= 15 is 0 Å². The number of ether oxygens (including phenoxy) is 1. The first-order valence-corrected chi connectivity index (χ1v) is 12.8. The van der Waals surface area contributed by atoms with E-state index in [-0.39, 0.29) is 17.9 Å². The first kappa shape index (κ1) is 22.5. The van der Waals surface area contributed by atoms with Crippen molar-refractivity contribution in [1.29, 1.82) is 0 Å². The Labute approximate surface area is 196 Å². The molecule has 0 saturated carbocycles. The SMILES string of the molecule is CC(C)(C)OC(=O)N1CCC2(S(=O)(=O)c3ccc(F)cc3)c3ccc(I)cc3CCC12. The highest BCUT2D eigenvalue weighted by Gasteiger charge is 2.61. The summed E-state index contributed by atoms with van der Waals surface area (Å²) in [5, 5.41) is 0. The van der Waals surface area contributed by atoms with E-state index < -0.39 is 38.1 Å². The van der Waals surface area contributed by atoms with Gasteiger partial charge in [0, 0.05) is 10.1 Å². The van der Waals surface area contributed by atoms with Crippen LogP contribution < -0.4 is 0 Å². The Morgan fingerprint density at radius 1 is 1.19 bits per heavy atom. The number of sulfone groups is 1. The number of halogens is 2. The second kappa shape index (κ2) is 7.72. The van der Waals surface area contributed by atoms with Crippen LogP contribution >= 0.6 is 22.6 Å². The highest BCUT2D eigenvalue weighted by molar-refractivity contribution is 14.1. The largest absolute Gasteiger partial charge is 0.444 e. The molecule has 31 heavy (non-hydrogen) atoms. The van der Waals surface area contributed by atoms with Crippen LogP contribution in [0.5, 0.6) is 0 Å². The zero-order valence-corrected chi connectivity index (χ0v) is 20.7. The number of likely N-dealkylation sites (tertiary alicyclic amines) is 1. The van der Waals surface area contributed by atoms with Crippen molar-refractivity contribution in [2.75, 3.05) is 6.54 Å². The van der Waals surface area contributed by atoms with Gasteiger partial charge in [0.2, 0.25) is 0 Å². The normalized spacial score (nSPS) is 23.3. The van der Waals surface area contributed by atoms with Crippen LogP contribution in [0.25, 0.3) is 0 Å². The van der Waals surface area contributed by atoms with Crippen LogP contribution in [0.2, 0.25) is 0 Å². The minimum atomic E-state index is -3.93. The van der Waals surface area contributed by atoms with Crippen molar-refractivity contribution in [2.45, 2.75) is 61.3 Å². The number of aryl methyl sites for hydroxylation is 1. The molecule has 2 unspecified atom stereocenters. The number of hydrogen-bond donors (Lipinski definition) is 0. The Kier molecular flexibility index (Phi) is 5.61. The van der Waals surface area contributed by atoms with Crippen molar-refractivity contribution in [2.24, 2.45) is 0 Å². The second-order valence-electron chi connectivity index (χ2n) is 9.13. The summed E-state index contributed by atoms with van der Waals surface area (Å²) in [6.07, 6.45) is 0.969. The molecule has 166 valence electrons. The summed E-state index contributed by atoms with van der Waals surface area (Å²) >= 11 is 2.22. The van der Waals surface area contributed by atoms with Crippen LogP contribution in [0.4, 0.5) is 9.18 Å². The maximum absolute atomic E-state index is 14.1. The minimum Gasteiger partial charge on any atom is -0.444 e. The second-order valence-corrected chi connectivity index (χ2v) is 12.6. The van der Waals surface area contributed by atoms with E-state index in [0.29, 0.717) is 12.8 Å². The molecule has 1 aliphatic carbocycles. The number of benzene rings is 2. The van der Waals surface area contributed by atoms with Crippen LogP contribution in [-0.4, -0.2) is 37.6 Å². The molecule has 5 nitrogen and oxygen atoms in total. The van der Waals surface area contributed by atoms with Gasteiger partial charge in [-0.15, -0.1) is 0 Å². The number of hydrogen-bond acceptors (Lipinski definition) is 4. The summed E-state index contributed by atoms with van der Waals surface area (Å²) in [4.78, 5) is 14.6. The Morgan fingerprint density at radius 2 is 1.87 bits per heavy atom. The van der Waals surface area contributed by atoms with Gasteiger partial charge in [0.15, 0.2) is 9.84 Å². The van der Waals surface area contributed by atoms with Gasteiger partial charge < -0.3 is 9.64 Å². The monoisotopic (exact) mass is 557 g/mol. The van der Waals surface area contributed by atoms with Crippen LogP contribution in [0.1, 0.15) is 44.7 Å². The maximum Gasteiger partial charge on any atom is 0.410 e. The zero-order valence-electron chi connectivity index (χ0n) is 17.7. The molecule has 0 radical (unpaired) electrons. The molecule has 1 amide bonds. The number of nitrogens with zero attached hydrogens (tertiary/aromatic N) is 1. The first-order valence-electron chi connectivity index (χ1n) is 10.2. The van der Waals surface area contributed by atoms with Crippen LogP contribution in [-0.2, 0) is 25.7 Å². The lowest BCUT2D eigenvalue weighted by atomic mass is 9.78. The fourth-order valence-corrected chi connectivity index (χ4v) is 7.78. The average Bonchev–Trinajstić information content (AvgIpc) is 3.08. The van der Waals surface area contributed by atoms with E-state index in [1.54, 1.807) is 25.7 Å². The van der Waals surface area contributed by atoms with Crippen molar-refractivity contribution in [1.82, 2.24) is 4.90 Å².